The van der Waals surface area contributed by atoms with Gasteiger partial charge in [0, 0.05) is 17.5 Å². The van der Waals surface area contributed by atoms with Gasteiger partial charge in [-0.05, 0) is 36.1 Å². The van der Waals surface area contributed by atoms with Gasteiger partial charge in [0.15, 0.2) is 4.80 Å². The molecule has 2 heterocycles. The first-order valence-corrected chi connectivity index (χ1v) is 9.34. The minimum Gasteiger partial charge on any atom is -0.315 e. The fourth-order valence-electron chi connectivity index (χ4n) is 2.27. The monoisotopic (exact) mass is 362 g/mol. The molecule has 118 valence electrons. The highest BCUT2D eigenvalue weighted by atomic mass is 35.5. The number of nitrogens with zero attached hydrogens (tertiary/aromatic N) is 2. The molecule has 2 aromatic heterocycles. The van der Waals surface area contributed by atoms with Gasteiger partial charge in [0.1, 0.15) is 0 Å². The van der Waals surface area contributed by atoms with Gasteiger partial charge in [-0.2, -0.15) is 4.99 Å². The Morgan fingerprint density at radius 1 is 1.35 bits per heavy atom. The molecule has 0 spiro atoms. The number of thiazole rings is 1. The lowest BCUT2D eigenvalue weighted by molar-refractivity contribution is -0.113. The van der Waals surface area contributed by atoms with Crippen LogP contribution in [-0.2, 0) is 11.3 Å². The van der Waals surface area contributed by atoms with Crippen molar-refractivity contribution in [1.29, 1.82) is 0 Å². The number of carbonyl (C=O) groups excluding carboxylic acids is 1. The van der Waals surface area contributed by atoms with Crippen molar-refractivity contribution in [3.8, 4) is 0 Å². The molecule has 0 aliphatic rings. The van der Waals surface area contributed by atoms with E-state index < -0.39 is 0 Å². The van der Waals surface area contributed by atoms with E-state index >= 15 is 0 Å². The maximum absolute atomic E-state index is 12.1. The zero-order chi connectivity index (χ0) is 16.2. The van der Waals surface area contributed by atoms with Crippen LogP contribution in [-0.4, -0.2) is 10.5 Å². The fourth-order valence-corrected chi connectivity index (χ4v) is 4.31. The van der Waals surface area contributed by atoms with Crippen molar-refractivity contribution in [3.05, 3.63) is 56.5 Å². The summed E-state index contributed by atoms with van der Waals surface area (Å²) in [5.41, 5.74) is 0.954. The van der Waals surface area contributed by atoms with Crippen molar-refractivity contribution in [2.45, 2.75) is 19.9 Å². The second-order valence-electron chi connectivity index (χ2n) is 4.92. The summed E-state index contributed by atoms with van der Waals surface area (Å²) in [6.45, 7) is 2.88. The van der Waals surface area contributed by atoms with E-state index in [1.54, 1.807) is 17.4 Å². The molecule has 3 nitrogen and oxygen atoms in total. The Labute approximate surface area is 147 Å². The molecule has 1 amide bonds. The predicted molar refractivity (Wildman–Crippen MR) is 99.0 cm³/mol. The van der Waals surface area contributed by atoms with Crippen molar-refractivity contribution in [3.63, 3.8) is 0 Å². The minimum absolute atomic E-state index is 0.258. The lowest BCUT2D eigenvalue weighted by Gasteiger charge is -2.03. The first kappa shape index (κ1) is 16.2. The number of thiophene rings is 1. The van der Waals surface area contributed by atoms with Crippen LogP contribution in [0, 0.1) is 0 Å². The maximum atomic E-state index is 12.1. The molecule has 0 unspecified atom stereocenters. The third-order valence-electron chi connectivity index (χ3n) is 3.24. The lowest BCUT2D eigenvalue weighted by Crippen LogP contribution is -2.16. The number of halogens is 1. The maximum Gasteiger partial charge on any atom is 0.272 e. The summed E-state index contributed by atoms with van der Waals surface area (Å²) in [5, 5.41) is 2.67. The fraction of sp³-hybridized carbons (Fsp3) is 0.176. The van der Waals surface area contributed by atoms with Crippen LogP contribution in [0.4, 0.5) is 0 Å². The summed E-state index contributed by atoms with van der Waals surface area (Å²) in [5.74, 6) is -0.258. The van der Waals surface area contributed by atoms with E-state index in [2.05, 4.69) is 11.9 Å². The zero-order valence-electron chi connectivity index (χ0n) is 12.5. The lowest BCUT2D eigenvalue weighted by atomic mass is 10.3. The Bertz CT molecular complexity index is 920. The molecule has 3 rings (SSSR count). The van der Waals surface area contributed by atoms with E-state index in [-0.39, 0.29) is 5.91 Å². The number of rotatable bonds is 4. The molecule has 0 atom stereocenters. The van der Waals surface area contributed by atoms with Gasteiger partial charge in [-0.25, -0.2) is 0 Å². The third-order valence-corrected chi connectivity index (χ3v) is 5.42. The molecule has 0 saturated carbocycles. The number of carbonyl (C=O) groups is 1. The molecule has 23 heavy (non-hydrogen) atoms. The smallest absolute Gasteiger partial charge is 0.272 e. The predicted octanol–water partition coefficient (Wildman–Crippen LogP) is 4.97. The Balaban J connectivity index is 2.02. The molecule has 0 saturated heterocycles. The Kier molecular flexibility index (Phi) is 5.10. The summed E-state index contributed by atoms with van der Waals surface area (Å²) >= 11 is 9.40. The highest BCUT2D eigenvalue weighted by molar-refractivity contribution is 7.16. The third kappa shape index (κ3) is 3.63. The van der Waals surface area contributed by atoms with Crippen molar-refractivity contribution < 1.29 is 4.79 Å². The van der Waals surface area contributed by atoms with Gasteiger partial charge in [0.25, 0.3) is 5.91 Å². The van der Waals surface area contributed by atoms with Gasteiger partial charge in [-0.1, -0.05) is 42.0 Å². The van der Waals surface area contributed by atoms with Gasteiger partial charge >= 0.3 is 0 Å². The van der Waals surface area contributed by atoms with Gasteiger partial charge in [0.2, 0.25) is 0 Å². The highest BCUT2D eigenvalue weighted by Gasteiger charge is 2.09. The van der Waals surface area contributed by atoms with E-state index in [0.29, 0.717) is 9.82 Å². The van der Waals surface area contributed by atoms with Crippen molar-refractivity contribution in [2.24, 2.45) is 4.99 Å². The van der Waals surface area contributed by atoms with E-state index in [9.17, 15) is 4.79 Å². The topological polar surface area (TPSA) is 34.4 Å². The summed E-state index contributed by atoms with van der Waals surface area (Å²) in [6, 6.07) is 9.70. The average molecular weight is 363 g/mol. The zero-order valence-corrected chi connectivity index (χ0v) is 14.9. The molecule has 0 N–H and O–H groups in total. The van der Waals surface area contributed by atoms with Gasteiger partial charge < -0.3 is 4.57 Å². The number of para-hydroxylation sites is 1. The van der Waals surface area contributed by atoms with Crippen LogP contribution in [0.2, 0.25) is 5.02 Å². The van der Waals surface area contributed by atoms with Crippen LogP contribution >= 0.6 is 34.3 Å². The number of aryl methyl sites for hydroxylation is 1. The molecule has 0 radical (unpaired) electrons. The van der Waals surface area contributed by atoms with Crippen molar-refractivity contribution in [2.75, 3.05) is 0 Å². The highest BCUT2D eigenvalue weighted by Crippen LogP contribution is 2.25. The van der Waals surface area contributed by atoms with E-state index in [1.165, 1.54) is 17.4 Å². The van der Waals surface area contributed by atoms with E-state index in [4.69, 9.17) is 11.6 Å². The number of amides is 1. The number of benzene rings is 1. The second-order valence-corrected chi connectivity index (χ2v) is 7.32. The normalized spacial score (nSPS) is 12.5. The molecule has 0 fully saturated rings. The Morgan fingerprint density at radius 3 is 2.96 bits per heavy atom. The molecular weight excluding hydrogens is 348 g/mol. The molecule has 6 heteroatoms. The van der Waals surface area contributed by atoms with Crippen molar-refractivity contribution in [1.82, 2.24) is 4.57 Å². The van der Waals surface area contributed by atoms with Gasteiger partial charge in [-0.3, -0.25) is 4.79 Å². The van der Waals surface area contributed by atoms with E-state index in [0.717, 1.165) is 28.1 Å². The largest absolute Gasteiger partial charge is 0.315 e. The summed E-state index contributed by atoms with van der Waals surface area (Å²) in [7, 11) is 0. The molecule has 0 aliphatic carbocycles. The average Bonchev–Trinajstić information content (AvgIpc) is 3.15. The Morgan fingerprint density at radius 2 is 2.22 bits per heavy atom. The standard InChI is InChI=1S/C17H15ClN2OS2/c1-2-10-20-16-13(18)6-3-7-14(16)23-17(20)19-15(21)9-8-12-5-4-11-22-12/h3-9,11H,2,10H2,1H3. The van der Waals surface area contributed by atoms with Crippen LogP contribution < -0.4 is 4.80 Å². The molecule has 0 aliphatic heterocycles. The van der Waals surface area contributed by atoms with Crippen LogP contribution in [0.15, 0.2) is 46.8 Å². The summed E-state index contributed by atoms with van der Waals surface area (Å²) < 4.78 is 3.07. The quantitative estimate of drug-likeness (QED) is 0.603. The van der Waals surface area contributed by atoms with Crippen LogP contribution in [0.1, 0.15) is 18.2 Å². The number of aromatic nitrogens is 1. The second kappa shape index (κ2) is 7.25. The van der Waals surface area contributed by atoms with Crippen molar-refractivity contribution >= 4 is 56.5 Å². The number of hydrogen-bond donors (Lipinski definition) is 0. The summed E-state index contributed by atoms with van der Waals surface area (Å²) in [6.07, 6.45) is 4.25. The minimum atomic E-state index is -0.258. The number of hydrogen-bond acceptors (Lipinski definition) is 3. The SMILES string of the molecule is CCCn1c(=NC(=O)C=Cc2cccs2)sc2cccc(Cl)c21. The van der Waals surface area contributed by atoms with Crippen LogP contribution in [0.25, 0.3) is 16.3 Å². The first-order valence-electron chi connectivity index (χ1n) is 7.27. The number of fused-ring (bicyclic) bond motifs is 1. The molecule has 0 bridgehead atoms. The van der Waals surface area contributed by atoms with Gasteiger partial charge in [-0.15, -0.1) is 11.3 Å². The van der Waals surface area contributed by atoms with Crippen LogP contribution in [0.5, 0.6) is 0 Å². The van der Waals surface area contributed by atoms with E-state index in [1.807, 2.05) is 40.3 Å². The van der Waals surface area contributed by atoms with Gasteiger partial charge in [0.05, 0.1) is 15.2 Å². The molecule has 1 aromatic carbocycles. The summed E-state index contributed by atoms with van der Waals surface area (Å²) in [4.78, 5) is 18.1. The Hall–Kier alpha value is -1.69. The molecule has 3 aromatic rings. The molecular formula is C17H15ClN2OS2. The first-order chi connectivity index (χ1) is 11.2. The van der Waals surface area contributed by atoms with Crippen LogP contribution in [0.3, 0.4) is 0 Å².